The van der Waals surface area contributed by atoms with Gasteiger partial charge in [-0.05, 0) is 51.2 Å². The van der Waals surface area contributed by atoms with Crippen LogP contribution in [0.25, 0.3) is 0 Å². The summed E-state index contributed by atoms with van der Waals surface area (Å²) in [7, 11) is 0. The standard InChI is InChI=1S/C15H29FN2O/c1-2-17-10-5-15(6-11-17)19-13-14-3-8-18(9-4-14)12-7-16/h14-15H,2-13H2,1H3. The van der Waals surface area contributed by atoms with Crippen LogP contribution in [0.2, 0.25) is 0 Å². The molecule has 0 aromatic rings. The molecule has 0 radical (unpaired) electrons. The first-order valence-electron chi connectivity index (χ1n) is 7.94. The quantitative estimate of drug-likeness (QED) is 0.737. The van der Waals surface area contributed by atoms with Crippen LogP contribution in [0, 0.1) is 5.92 Å². The number of hydrogen-bond donors (Lipinski definition) is 0. The number of piperidine rings is 2. The molecule has 19 heavy (non-hydrogen) atoms. The van der Waals surface area contributed by atoms with Gasteiger partial charge in [0.05, 0.1) is 6.10 Å². The number of ether oxygens (including phenoxy) is 1. The van der Waals surface area contributed by atoms with E-state index in [-0.39, 0.29) is 6.67 Å². The molecule has 0 bridgehead atoms. The fourth-order valence-electron chi connectivity index (χ4n) is 3.16. The van der Waals surface area contributed by atoms with Crippen molar-refractivity contribution in [2.75, 3.05) is 52.6 Å². The predicted octanol–water partition coefficient (Wildman–Crippen LogP) is 2.17. The van der Waals surface area contributed by atoms with Crippen molar-refractivity contribution in [2.24, 2.45) is 5.92 Å². The van der Waals surface area contributed by atoms with E-state index >= 15 is 0 Å². The van der Waals surface area contributed by atoms with E-state index in [0.717, 1.165) is 19.7 Å². The second-order valence-electron chi connectivity index (χ2n) is 5.94. The molecule has 3 nitrogen and oxygen atoms in total. The van der Waals surface area contributed by atoms with Crippen LogP contribution in [-0.2, 0) is 4.74 Å². The summed E-state index contributed by atoms with van der Waals surface area (Å²) >= 11 is 0. The lowest BCUT2D eigenvalue weighted by atomic mass is 9.97. The van der Waals surface area contributed by atoms with Gasteiger partial charge in [-0.25, -0.2) is 4.39 Å². The third kappa shape index (κ3) is 5.01. The summed E-state index contributed by atoms with van der Waals surface area (Å²) in [5, 5.41) is 0. The fraction of sp³-hybridized carbons (Fsp3) is 1.00. The van der Waals surface area contributed by atoms with Gasteiger partial charge >= 0.3 is 0 Å². The van der Waals surface area contributed by atoms with Gasteiger partial charge < -0.3 is 14.5 Å². The van der Waals surface area contributed by atoms with E-state index in [4.69, 9.17) is 4.74 Å². The smallest absolute Gasteiger partial charge is 0.102 e. The van der Waals surface area contributed by atoms with Crippen LogP contribution < -0.4 is 0 Å². The average Bonchev–Trinajstić information content (AvgIpc) is 2.47. The lowest BCUT2D eigenvalue weighted by Crippen LogP contribution is -2.39. The largest absolute Gasteiger partial charge is 0.378 e. The van der Waals surface area contributed by atoms with E-state index in [1.165, 1.54) is 45.3 Å². The van der Waals surface area contributed by atoms with Gasteiger partial charge in [0.25, 0.3) is 0 Å². The first-order chi connectivity index (χ1) is 9.31. The van der Waals surface area contributed by atoms with E-state index in [9.17, 15) is 4.39 Å². The Hall–Kier alpha value is -0.190. The van der Waals surface area contributed by atoms with Gasteiger partial charge in [-0.2, -0.15) is 0 Å². The molecule has 0 aromatic carbocycles. The minimum Gasteiger partial charge on any atom is -0.378 e. The highest BCUT2D eigenvalue weighted by Crippen LogP contribution is 2.20. The molecule has 2 heterocycles. The van der Waals surface area contributed by atoms with Gasteiger partial charge in [0.2, 0.25) is 0 Å². The van der Waals surface area contributed by atoms with Crippen LogP contribution in [0.3, 0.4) is 0 Å². The summed E-state index contributed by atoms with van der Waals surface area (Å²) in [6, 6.07) is 0. The molecule has 0 aromatic heterocycles. The monoisotopic (exact) mass is 272 g/mol. The molecule has 4 heteroatoms. The van der Waals surface area contributed by atoms with E-state index in [1.807, 2.05) is 0 Å². The second-order valence-corrected chi connectivity index (χ2v) is 5.94. The number of hydrogen-bond acceptors (Lipinski definition) is 3. The Balaban J connectivity index is 1.57. The van der Waals surface area contributed by atoms with E-state index in [2.05, 4.69) is 16.7 Å². The third-order valence-corrected chi connectivity index (χ3v) is 4.66. The highest BCUT2D eigenvalue weighted by molar-refractivity contribution is 4.75. The Labute approximate surface area is 117 Å². The van der Waals surface area contributed by atoms with Crippen LogP contribution in [0.4, 0.5) is 4.39 Å². The summed E-state index contributed by atoms with van der Waals surface area (Å²) in [5.74, 6) is 0.695. The van der Waals surface area contributed by atoms with E-state index < -0.39 is 0 Å². The SMILES string of the molecule is CCN1CCC(OCC2CCN(CCF)CC2)CC1. The van der Waals surface area contributed by atoms with Gasteiger partial charge in [-0.15, -0.1) is 0 Å². The van der Waals surface area contributed by atoms with Gasteiger partial charge in [-0.1, -0.05) is 6.92 Å². The lowest BCUT2D eigenvalue weighted by Gasteiger charge is -2.34. The molecular weight excluding hydrogens is 243 g/mol. The first kappa shape index (κ1) is 15.2. The van der Waals surface area contributed by atoms with Gasteiger partial charge in [0, 0.05) is 26.2 Å². The first-order valence-corrected chi connectivity index (χ1v) is 7.94. The molecule has 0 aliphatic carbocycles. The molecule has 0 atom stereocenters. The molecule has 0 amide bonds. The summed E-state index contributed by atoms with van der Waals surface area (Å²) < 4.78 is 18.3. The highest BCUT2D eigenvalue weighted by Gasteiger charge is 2.22. The molecule has 0 spiro atoms. The molecule has 2 saturated heterocycles. The van der Waals surface area contributed by atoms with Crippen molar-refractivity contribution in [3.8, 4) is 0 Å². The van der Waals surface area contributed by atoms with E-state index in [1.54, 1.807) is 0 Å². The molecule has 112 valence electrons. The molecule has 0 N–H and O–H groups in total. The molecule has 0 saturated carbocycles. The third-order valence-electron chi connectivity index (χ3n) is 4.66. The normalized spacial score (nSPS) is 24.9. The molecule has 2 rings (SSSR count). The zero-order valence-corrected chi connectivity index (χ0v) is 12.3. The van der Waals surface area contributed by atoms with Gasteiger partial charge in [0.1, 0.15) is 6.67 Å². The molecule has 2 aliphatic heterocycles. The Morgan fingerprint density at radius 3 is 2.21 bits per heavy atom. The van der Waals surface area contributed by atoms with Crippen LogP contribution in [-0.4, -0.2) is 68.5 Å². The Kier molecular flexibility index (Phi) is 6.54. The molecule has 2 aliphatic rings. The van der Waals surface area contributed by atoms with Crippen LogP contribution in [0.5, 0.6) is 0 Å². The van der Waals surface area contributed by atoms with Gasteiger partial charge in [0.15, 0.2) is 0 Å². The molecule has 0 unspecified atom stereocenters. The average molecular weight is 272 g/mol. The Bertz CT molecular complexity index is 236. The van der Waals surface area contributed by atoms with Crippen molar-refractivity contribution in [1.82, 2.24) is 9.80 Å². The topological polar surface area (TPSA) is 15.7 Å². The maximum atomic E-state index is 12.3. The van der Waals surface area contributed by atoms with Crippen molar-refractivity contribution in [3.05, 3.63) is 0 Å². The maximum Gasteiger partial charge on any atom is 0.102 e. The number of alkyl halides is 1. The Morgan fingerprint density at radius 2 is 1.63 bits per heavy atom. The van der Waals surface area contributed by atoms with Crippen LogP contribution in [0.15, 0.2) is 0 Å². The lowest BCUT2D eigenvalue weighted by molar-refractivity contribution is -0.0186. The van der Waals surface area contributed by atoms with Crippen LogP contribution in [0.1, 0.15) is 32.6 Å². The highest BCUT2D eigenvalue weighted by atomic mass is 19.1. The minimum absolute atomic E-state index is 0.211. The van der Waals surface area contributed by atoms with Crippen molar-refractivity contribution < 1.29 is 9.13 Å². The summed E-state index contributed by atoms with van der Waals surface area (Å²) in [6.07, 6.45) is 5.21. The van der Waals surface area contributed by atoms with Crippen molar-refractivity contribution >= 4 is 0 Å². The van der Waals surface area contributed by atoms with Crippen molar-refractivity contribution in [3.63, 3.8) is 0 Å². The van der Waals surface area contributed by atoms with Crippen molar-refractivity contribution in [2.45, 2.75) is 38.7 Å². The molecule has 2 fully saturated rings. The van der Waals surface area contributed by atoms with Gasteiger partial charge in [-0.3, -0.25) is 0 Å². The second kappa shape index (κ2) is 8.18. The number of likely N-dealkylation sites (tertiary alicyclic amines) is 2. The number of halogens is 1. The number of rotatable bonds is 6. The fourth-order valence-corrected chi connectivity index (χ4v) is 3.16. The molecular formula is C15H29FN2O. The minimum atomic E-state index is -0.211. The maximum absolute atomic E-state index is 12.3. The number of nitrogens with zero attached hydrogens (tertiary/aromatic N) is 2. The van der Waals surface area contributed by atoms with E-state index in [0.29, 0.717) is 18.6 Å². The predicted molar refractivity (Wildman–Crippen MR) is 76.2 cm³/mol. The zero-order chi connectivity index (χ0) is 13.5. The summed E-state index contributed by atoms with van der Waals surface area (Å²) in [5.41, 5.74) is 0. The van der Waals surface area contributed by atoms with Crippen molar-refractivity contribution in [1.29, 1.82) is 0 Å². The van der Waals surface area contributed by atoms with Crippen LogP contribution >= 0.6 is 0 Å². The Morgan fingerprint density at radius 1 is 1.00 bits per heavy atom. The summed E-state index contributed by atoms with van der Waals surface area (Å²) in [6.45, 7) is 9.19. The zero-order valence-electron chi connectivity index (χ0n) is 12.3. The summed E-state index contributed by atoms with van der Waals surface area (Å²) in [4.78, 5) is 4.73.